The Morgan fingerprint density at radius 2 is 1.80 bits per heavy atom. The van der Waals surface area contributed by atoms with Crippen LogP contribution >= 0.6 is 0 Å². The van der Waals surface area contributed by atoms with Gasteiger partial charge in [0.2, 0.25) is 0 Å². The van der Waals surface area contributed by atoms with Gasteiger partial charge >= 0.3 is 5.97 Å². The Kier molecular flexibility index (Phi) is 3.36. The Balaban J connectivity index is 1.81. The van der Waals surface area contributed by atoms with Crippen LogP contribution in [0.4, 0.5) is 0 Å². The van der Waals surface area contributed by atoms with E-state index in [0.29, 0.717) is 18.4 Å². The third kappa shape index (κ3) is 2.18. The van der Waals surface area contributed by atoms with Crippen LogP contribution in [0, 0.1) is 22.7 Å². The molecule has 2 aliphatic carbocycles. The number of cyclic esters (lactones) is 1. The van der Waals surface area contributed by atoms with Gasteiger partial charge in [-0.3, -0.25) is 4.79 Å². The van der Waals surface area contributed by atoms with Gasteiger partial charge < -0.3 is 9.47 Å². The van der Waals surface area contributed by atoms with Crippen LogP contribution in [0.5, 0.6) is 0 Å². The van der Waals surface area contributed by atoms with Gasteiger partial charge in [-0.25, -0.2) is 4.79 Å². The molecule has 0 aromatic carbocycles. The van der Waals surface area contributed by atoms with Gasteiger partial charge in [0.1, 0.15) is 17.5 Å². The number of ketones is 1. The Morgan fingerprint density at radius 3 is 2.52 bits per heavy atom. The normalized spacial score (nSPS) is 45.1. The maximum atomic E-state index is 13.1. The third-order valence-corrected chi connectivity index (χ3v) is 7.34. The second kappa shape index (κ2) is 4.99. The minimum absolute atomic E-state index is 0.00446. The largest absolute Gasteiger partial charge is 0.491 e. The minimum Gasteiger partial charge on any atom is -0.491 e. The fraction of sp³-hybridized carbons (Fsp3) is 0.714. The van der Waals surface area contributed by atoms with Crippen LogP contribution in [0.25, 0.3) is 0 Å². The summed E-state index contributed by atoms with van der Waals surface area (Å²) >= 11 is 0. The van der Waals surface area contributed by atoms with Crippen molar-refractivity contribution < 1.29 is 19.1 Å². The number of carbonyl (C=O) groups excluding carboxylic acids is 2. The molecule has 4 nitrogen and oxygen atoms in total. The molecule has 5 atom stereocenters. The number of hydrogen-bond acceptors (Lipinski definition) is 4. The van der Waals surface area contributed by atoms with E-state index < -0.39 is 11.0 Å². The summed E-state index contributed by atoms with van der Waals surface area (Å²) in [5.74, 6) is 0.968. The zero-order chi connectivity index (χ0) is 18.2. The summed E-state index contributed by atoms with van der Waals surface area (Å²) in [4.78, 5) is 25.5. The fourth-order valence-corrected chi connectivity index (χ4v) is 5.99. The maximum absolute atomic E-state index is 13.1. The van der Waals surface area contributed by atoms with Crippen LogP contribution in [0.1, 0.15) is 60.3 Å². The molecule has 4 heteroatoms. The third-order valence-electron chi connectivity index (χ3n) is 7.34. The summed E-state index contributed by atoms with van der Waals surface area (Å²) in [7, 11) is 0. The summed E-state index contributed by atoms with van der Waals surface area (Å²) in [5, 5.41) is 0. The molecule has 0 unspecified atom stereocenters. The molecule has 0 N–H and O–H groups in total. The second-order valence-corrected chi connectivity index (χ2v) is 9.39. The smallest absolute Gasteiger partial charge is 0.337 e. The van der Waals surface area contributed by atoms with Crippen LogP contribution in [-0.4, -0.2) is 23.5 Å². The molecular weight excluding hydrogens is 316 g/mol. The van der Waals surface area contributed by atoms with Crippen LogP contribution in [-0.2, 0) is 19.1 Å². The molecule has 0 bridgehead atoms. The number of esters is 1. The lowest BCUT2D eigenvalue weighted by atomic mass is 9.45. The summed E-state index contributed by atoms with van der Waals surface area (Å²) in [5.41, 5.74) is -0.270. The molecule has 136 valence electrons. The number of fused-ring (bicyclic) bond motifs is 3. The van der Waals surface area contributed by atoms with Crippen molar-refractivity contribution in [2.24, 2.45) is 22.7 Å². The first kappa shape index (κ1) is 16.9. The van der Waals surface area contributed by atoms with E-state index in [9.17, 15) is 9.59 Å². The SMILES string of the molecule is C[C@@H]1CC2=C(C[C@H]3[C@@]4(C)C(=O)C=CC(C)(C)[C@@H]4CC[C@]3(C)O2)C(=O)O1. The first-order valence-corrected chi connectivity index (χ1v) is 9.43. The van der Waals surface area contributed by atoms with Crippen molar-refractivity contribution in [3.8, 4) is 0 Å². The molecule has 4 aliphatic rings. The average Bonchev–Trinajstić information content (AvgIpc) is 2.49. The van der Waals surface area contributed by atoms with Crippen LogP contribution in [0.3, 0.4) is 0 Å². The van der Waals surface area contributed by atoms with Crippen LogP contribution < -0.4 is 0 Å². The highest BCUT2D eigenvalue weighted by molar-refractivity contribution is 5.97. The van der Waals surface area contributed by atoms with Gasteiger partial charge in [-0.2, -0.15) is 0 Å². The maximum Gasteiger partial charge on any atom is 0.337 e. The molecule has 2 heterocycles. The Morgan fingerprint density at radius 1 is 1.08 bits per heavy atom. The molecule has 2 aliphatic heterocycles. The van der Waals surface area contributed by atoms with Gasteiger partial charge in [0, 0.05) is 17.8 Å². The molecule has 0 aromatic heterocycles. The van der Waals surface area contributed by atoms with Crippen molar-refractivity contribution in [1.82, 2.24) is 0 Å². The highest BCUT2D eigenvalue weighted by Gasteiger charge is 2.63. The van der Waals surface area contributed by atoms with E-state index in [1.807, 2.05) is 6.92 Å². The van der Waals surface area contributed by atoms with Crippen molar-refractivity contribution in [3.05, 3.63) is 23.5 Å². The Bertz CT molecular complexity index is 715. The van der Waals surface area contributed by atoms with Crippen molar-refractivity contribution in [3.63, 3.8) is 0 Å². The lowest BCUT2D eigenvalue weighted by Gasteiger charge is -2.61. The molecule has 0 aromatic rings. The first-order valence-electron chi connectivity index (χ1n) is 9.43. The Labute approximate surface area is 149 Å². The first-order chi connectivity index (χ1) is 11.6. The standard InChI is InChI=1S/C21H28O4/c1-12-10-14-13(18(23)24-12)11-16-20(4,25-14)9-6-15-19(2,3)8-7-17(22)21(15,16)5/h7-8,12,15-16H,6,9-11H2,1-5H3/t12-,15+,16-,20+,21+/m1/s1. The quantitative estimate of drug-likeness (QED) is 0.624. The van der Waals surface area contributed by atoms with E-state index in [2.05, 4.69) is 33.8 Å². The minimum atomic E-state index is -0.507. The van der Waals surface area contributed by atoms with Crippen LogP contribution in [0.2, 0.25) is 0 Å². The van der Waals surface area contributed by atoms with Crippen molar-refractivity contribution in [1.29, 1.82) is 0 Å². The monoisotopic (exact) mass is 344 g/mol. The highest BCUT2D eigenvalue weighted by Crippen LogP contribution is 2.63. The fourth-order valence-electron chi connectivity index (χ4n) is 5.99. The zero-order valence-electron chi connectivity index (χ0n) is 15.8. The molecule has 0 spiro atoms. The summed E-state index contributed by atoms with van der Waals surface area (Å²) in [6.45, 7) is 10.6. The number of hydrogen-bond donors (Lipinski definition) is 0. The molecule has 4 rings (SSSR count). The van der Waals surface area contributed by atoms with Gasteiger partial charge in [-0.05, 0) is 50.5 Å². The second-order valence-electron chi connectivity index (χ2n) is 9.39. The number of allylic oxidation sites excluding steroid dienone is 2. The van der Waals surface area contributed by atoms with Gasteiger partial charge in [0.15, 0.2) is 5.78 Å². The molecule has 0 radical (unpaired) electrons. The molecular formula is C21H28O4. The summed E-state index contributed by atoms with van der Waals surface area (Å²) in [6.07, 6.45) is 6.79. The van der Waals surface area contributed by atoms with E-state index in [0.717, 1.165) is 18.6 Å². The van der Waals surface area contributed by atoms with Gasteiger partial charge in [0.05, 0.1) is 5.57 Å². The Hall–Kier alpha value is -1.58. The zero-order valence-corrected chi connectivity index (χ0v) is 15.8. The molecule has 1 saturated carbocycles. The van der Waals surface area contributed by atoms with E-state index in [4.69, 9.17) is 9.47 Å². The van der Waals surface area contributed by atoms with Gasteiger partial charge in [-0.15, -0.1) is 0 Å². The van der Waals surface area contributed by atoms with Crippen molar-refractivity contribution in [2.45, 2.75) is 72.0 Å². The molecule has 1 fully saturated rings. The number of rotatable bonds is 0. The molecule has 25 heavy (non-hydrogen) atoms. The summed E-state index contributed by atoms with van der Waals surface area (Å²) < 4.78 is 11.9. The van der Waals surface area contributed by atoms with E-state index in [1.54, 1.807) is 6.08 Å². The predicted molar refractivity (Wildman–Crippen MR) is 93.6 cm³/mol. The number of carbonyl (C=O) groups is 2. The predicted octanol–water partition coefficient (Wildman–Crippen LogP) is 3.95. The highest BCUT2D eigenvalue weighted by atomic mass is 16.6. The van der Waals surface area contributed by atoms with Crippen molar-refractivity contribution in [2.75, 3.05) is 0 Å². The lowest BCUT2D eigenvalue weighted by molar-refractivity contribution is -0.184. The average molecular weight is 344 g/mol. The topological polar surface area (TPSA) is 52.6 Å². The summed E-state index contributed by atoms with van der Waals surface area (Å²) in [6, 6.07) is 0. The van der Waals surface area contributed by atoms with E-state index in [1.165, 1.54) is 0 Å². The molecule has 0 saturated heterocycles. The van der Waals surface area contributed by atoms with Gasteiger partial charge in [-0.1, -0.05) is 26.8 Å². The van der Waals surface area contributed by atoms with Gasteiger partial charge in [0.25, 0.3) is 0 Å². The van der Waals surface area contributed by atoms with E-state index in [-0.39, 0.29) is 35.1 Å². The lowest BCUT2D eigenvalue weighted by Crippen LogP contribution is -2.62. The molecule has 0 amide bonds. The van der Waals surface area contributed by atoms with Crippen molar-refractivity contribution >= 4 is 11.8 Å². The number of ether oxygens (including phenoxy) is 2. The van der Waals surface area contributed by atoms with E-state index >= 15 is 0 Å². The van der Waals surface area contributed by atoms with Crippen LogP contribution in [0.15, 0.2) is 23.5 Å².